The van der Waals surface area contributed by atoms with Gasteiger partial charge in [0.1, 0.15) is 0 Å². The summed E-state index contributed by atoms with van der Waals surface area (Å²) in [4.78, 5) is 5.30. The fraction of sp³-hybridized carbons (Fsp3) is 0.625. The number of nitrogens with zero attached hydrogens (tertiary/aromatic N) is 2. The van der Waals surface area contributed by atoms with Crippen LogP contribution in [0.15, 0.2) is 24.3 Å². The quantitative estimate of drug-likeness (QED) is 0.816. The molecule has 104 valence electrons. The summed E-state index contributed by atoms with van der Waals surface area (Å²) in [6, 6.07) is 10.1. The van der Waals surface area contributed by atoms with Gasteiger partial charge in [-0.2, -0.15) is 0 Å². The van der Waals surface area contributed by atoms with Crippen LogP contribution in [0.1, 0.15) is 38.3 Å². The molecule has 0 bridgehead atoms. The summed E-state index contributed by atoms with van der Waals surface area (Å²) in [5.74, 6) is 0. The average molecular weight is 279 g/mol. The number of hydrogen-bond acceptors (Lipinski definition) is 2. The van der Waals surface area contributed by atoms with Gasteiger partial charge in [0.2, 0.25) is 0 Å². The molecule has 3 rings (SSSR count). The van der Waals surface area contributed by atoms with E-state index in [0.29, 0.717) is 12.1 Å². The average Bonchev–Trinajstić information content (AvgIpc) is 2.84. The molecule has 0 aliphatic carbocycles. The van der Waals surface area contributed by atoms with Gasteiger partial charge in [0.05, 0.1) is 0 Å². The molecule has 0 radical (unpaired) electrons. The number of hydrogen-bond donors (Lipinski definition) is 0. The molecule has 0 N–H and O–H groups in total. The molecule has 0 saturated carbocycles. The van der Waals surface area contributed by atoms with E-state index in [1.54, 1.807) is 0 Å². The fourth-order valence-corrected chi connectivity index (χ4v) is 4.04. The third kappa shape index (κ3) is 2.54. The molecule has 3 atom stereocenters. The molecule has 19 heavy (non-hydrogen) atoms. The van der Waals surface area contributed by atoms with E-state index in [1.807, 2.05) is 12.1 Å². The Bertz CT molecular complexity index is 448. The molecule has 3 unspecified atom stereocenters. The SMILES string of the molecule is CC1CN2CCCC2CN1C(C)c1ccccc1Cl. The first-order chi connectivity index (χ1) is 9.16. The molecular formula is C16H23ClN2. The normalized spacial score (nSPS) is 30.3. The van der Waals surface area contributed by atoms with Gasteiger partial charge in [0.15, 0.2) is 0 Å². The van der Waals surface area contributed by atoms with Crippen LogP contribution in [0.2, 0.25) is 5.02 Å². The van der Waals surface area contributed by atoms with Crippen LogP contribution in [0.5, 0.6) is 0 Å². The summed E-state index contributed by atoms with van der Waals surface area (Å²) >= 11 is 6.36. The Labute approximate surface area is 121 Å². The van der Waals surface area contributed by atoms with Crippen molar-refractivity contribution >= 4 is 11.6 Å². The van der Waals surface area contributed by atoms with E-state index in [4.69, 9.17) is 11.6 Å². The van der Waals surface area contributed by atoms with Gasteiger partial charge in [-0.15, -0.1) is 0 Å². The molecular weight excluding hydrogens is 256 g/mol. The number of halogens is 1. The minimum atomic E-state index is 0.409. The molecule has 2 aliphatic rings. The van der Waals surface area contributed by atoms with Gasteiger partial charge in [0, 0.05) is 36.2 Å². The van der Waals surface area contributed by atoms with Gasteiger partial charge >= 0.3 is 0 Å². The van der Waals surface area contributed by atoms with Gasteiger partial charge in [-0.1, -0.05) is 29.8 Å². The van der Waals surface area contributed by atoms with Crippen LogP contribution in [0, 0.1) is 0 Å². The highest BCUT2D eigenvalue weighted by molar-refractivity contribution is 6.31. The Hall–Kier alpha value is -0.570. The van der Waals surface area contributed by atoms with Crippen molar-refractivity contribution in [2.75, 3.05) is 19.6 Å². The zero-order valence-electron chi connectivity index (χ0n) is 11.8. The molecule has 1 aromatic carbocycles. The monoisotopic (exact) mass is 278 g/mol. The van der Waals surface area contributed by atoms with Crippen molar-refractivity contribution in [1.82, 2.24) is 9.80 Å². The van der Waals surface area contributed by atoms with Crippen LogP contribution in [0.25, 0.3) is 0 Å². The summed E-state index contributed by atoms with van der Waals surface area (Å²) < 4.78 is 0. The molecule has 1 aromatic rings. The van der Waals surface area contributed by atoms with Crippen LogP contribution in [-0.2, 0) is 0 Å². The minimum Gasteiger partial charge on any atom is -0.298 e. The van der Waals surface area contributed by atoms with Gasteiger partial charge in [-0.25, -0.2) is 0 Å². The van der Waals surface area contributed by atoms with Crippen molar-refractivity contribution in [3.63, 3.8) is 0 Å². The highest BCUT2D eigenvalue weighted by Crippen LogP contribution is 2.33. The Kier molecular flexibility index (Phi) is 3.84. The van der Waals surface area contributed by atoms with Gasteiger partial charge in [-0.05, 0) is 44.9 Å². The summed E-state index contributed by atoms with van der Waals surface area (Å²) in [6.07, 6.45) is 2.73. The maximum absolute atomic E-state index is 6.36. The topological polar surface area (TPSA) is 6.48 Å². The molecule has 0 amide bonds. The second-order valence-electron chi connectivity index (χ2n) is 6.03. The smallest absolute Gasteiger partial charge is 0.0453 e. The predicted octanol–water partition coefficient (Wildman–Crippen LogP) is 3.57. The maximum atomic E-state index is 6.36. The number of fused-ring (bicyclic) bond motifs is 1. The van der Waals surface area contributed by atoms with E-state index in [2.05, 4.69) is 35.8 Å². The lowest BCUT2D eigenvalue weighted by atomic mass is 10.0. The second kappa shape index (κ2) is 5.43. The molecule has 3 heteroatoms. The molecule has 2 saturated heterocycles. The largest absolute Gasteiger partial charge is 0.298 e. The van der Waals surface area contributed by atoms with Crippen molar-refractivity contribution < 1.29 is 0 Å². The molecule has 2 heterocycles. The summed E-state index contributed by atoms with van der Waals surface area (Å²) in [7, 11) is 0. The Morgan fingerprint density at radius 2 is 2.05 bits per heavy atom. The predicted molar refractivity (Wildman–Crippen MR) is 80.6 cm³/mol. The van der Waals surface area contributed by atoms with Crippen LogP contribution in [-0.4, -0.2) is 41.5 Å². The van der Waals surface area contributed by atoms with Crippen molar-refractivity contribution in [2.24, 2.45) is 0 Å². The van der Waals surface area contributed by atoms with E-state index >= 15 is 0 Å². The first kappa shape index (κ1) is 13.4. The lowest BCUT2D eigenvalue weighted by molar-refractivity contribution is 0.0326. The second-order valence-corrected chi connectivity index (χ2v) is 6.44. The molecule has 0 aromatic heterocycles. The molecule has 0 spiro atoms. The van der Waals surface area contributed by atoms with E-state index in [0.717, 1.165) is 11.1 Å². The lowest BCUT2D eigenvalue weighted by Crippen LogP contribution is -2.55. The van der Waals surface area contributed by atoms with E-state index < -0.39 is 0 Å². The first-order valence-electron chi connectivity index (χ1n) is 7.41. The van der Waals surface area contributed by atoms with E-state index in [9.17, 15) is 0 Å². The highest BCUT2D eigenvalue weighted by atomic mass is 35.5. The fourth-order valence-electron chi connectivity index (χ4n) is 3.74. The van der Waals surface area contributed by atoms with Crippen molar-refractivity contribution in [3.8, 4) is 0 Å². The molecule has 2 fully saturated rings. The Morgan fingerprint density at radius 3 is 2.84 bits per heavy atom. The minimum absolute atomic E-state index is 0.409. The summed E-state index contributed by atoms with van der Waals surface area (Å²) in [6.45, 7) is 8.33. The third-order valence-electron chi connectivity index (χ3n) is 4.84. The van der Waals surface area contributed by atoms with E-state index in [-0.39, 0.29) is 0 Å². The maximum Gasteiger partial charge on any atom is 0.0453 e. The first-order valence-corrected chi connectivity index (χ1v) is 7.79. The number of piperazine rings is 1. The number of rotatable bonds is 2. The standard InChI is InChI=1S/C16H23ClN2/c1-12-10-18-9-5-6-14(18)11-19(12)13(2)15-7-3-4-8-16(15)17/h3-4,7-8,12-14H,5-6,9-11H2,1-2H3. The van der Waals surface area contributed by atoms with Crippen LogP contribution in [0.3, 0.4) is 0 Å². The van der Waals surface area contributed by atoms with E-state index in [1.165, 1.54) is 38.0 Å². The third-order valence-corrected chi connectivity index (χ3v) is 5.18. The van der Waals surface area contributed by atoms with Gasteiger partial charge in [0.25, 0.3) is 0 Å². The Balaban J connectivity index is 1.79. The van der Waals surface area contributed by atoms with Crippen molar-refractivity contribution in [2.45, 2.75) is 44.8 Å². The van der Waals surface area contributed by atoms with Gasteiger partial charge in [-0.3, -0.25) is 9.80 Å². The molecule has 2 nitrogen and oxygen atoms in total. The van der Waals surface area contributed by atoms with Crippen LogP contribution < -0.4 is 0 Å². The lowest BCUT2D eigenvalue weighted by Gasteiger charge is -2.45. The number of benzene rings is 1. The highest BCUT2D eigenvalue weighted by Gasteiger charge is 2.36. The van der Waals surface area contributed by atoms with Crippen LogP contribution >= 0.6 is 11.6 Å². The zero-order chi connectivity index (χ0) is 13.4. The van der Waals surface area contributed by atoms with Crippen LogP contribution in [0.4, 0.5) is 0 Å². The van der Waals surface area contributed by atoms with Gasteiger partial charge < -0.3 is 0 Å². The summed E-state index contributed by atoms with van der Waals surface area (Å²) in [5.41, 5.74) is 1.27. The Morgan fingerprint density at radius 1 is 1.26 bits per heavy atom. The van der Waals surface area contributed by atoms with Crippen molar-refractivity contribution in [3.05, 3.63) is 34.9 Å². The van der Waals surface area contributed by atoms with Crippen molar-refractivity contribution in [1.29, 1.82) is 0 Å². The zero-order valence-corrected chi connectivity index (χ0v) is 12.6. The summed E-state index contributed by atoms with van der Waals surface area (Å²) in [5, 5.41) is 0.899. The molecule has 2 aliphatic heterocycles.